The second-order valence-corrected chi connectivity index (χ2v) is 10.5. The minimum atomic E-state index is -0.0310. The number of Topliss-reactive ketones (excluding diaryl/α,β-unsaturated/α-hetero) is 1. The smallest absolute Gasteiger partial charge is 0.192 e. The first-order valence-electron chi connectivity index (χ1n) is 9.79. The van der Waals surface area contributed by atoms with Gasteiger partial charge < -0.3 is 15.1 Å². The number of rotatable bonds is 0. The van der Waals surface area contributed by atoms with E-state index < -0.39 is 0 Å². The molecule has 0 aliphatic heterocycles. The van der Waals surface area contributed by atoms with E-state index in [1.54, 1.807) is 6.07 Å². The summed E-state index contributed by atoms with van der Waals surface area (Å²) < 4.78 is 2.09. The first kappa shape index (κ1) is 20.8. The summed E-state index contributed by atoms with van der Waals surface area (Å²) in [5, 5.41) is 13.0. The summed E-state index contributed by atoms with van der Waals surface area (Å²) in [5.41, 5.74) is 4.82. The Morgan fingerprint density at radius 3 is 2.29 bits per heavy atom. The number of aryl methyl sites for hydroxylation is 1. The number of aromatic hydroxyl groups is 1. The van der Waals surface area contributed by atoms with Gasteiger partial charge in [-0.3, -0.25) is 4.79 Å². The molecular weight excluding hydrogens is 588 g/mol. The molecule has 2 heterocycles. The maximum absolute atomic E-state index is 12.0. The molecule has 156 valence electrons. The van der Waals surface area contributed by atoms with Gasteiger partial charge in [0.15, 0.2) is 5.78 Å². The number of hydrogen-bond donors (Lipinski definition) is 3. The number of phenols is 1. The third-order valence-electron chi connectivity index (χ3n) is 5.62. The van der Waals surface area contributed by atoms with E-state index in [1.807, 2.05) is 42.5 Å². The van der Waals surface area contributed by atoms with Gasteiger partial charge in [0, 0.05) is 36.1 Å². The second-order valence-electron chi connectivity index (χ2n) is 7.55. The number of alkyl halides is 1. The molecule has 1 unspecified atom stereocenters. The fourth-order valence-corrected chi connectivity index (χ4v) is 5.31. The molecular formula is C24H17Br3N2O2. The minimum absolute atomic E-state index is 0.0310. The molecule has 0 spiro atoms. The summed E-state index contributed by atoms with van der Waals surface area (Å²) in [7, 11) is 0. The van der Waals surface area contributed by atoms with Gasteiger partial charge in [-0.2, -0.15) is 0 Å². The Balaban J connectivity index is 0.000000132. The number of aromatic amines is 2. The van der Waals surface area contributed by atoms with Gasteiger partial charge in [0.1, 0.15) is 5.75 Å². The maximum atomic E-state index is 12.0. The van der Waals surface area contributed by atoms with Crippen LogP contribution in [0.2, 0.25) is 0 Å². The molecule has 0 amide bonds. The van der Waals surface area contributed by atoms with Crippen molar-refractivity contribution in [1.82, 2.24) is 9.97 Å². The molecule has 1 aliphatic carbocycles. The third-order valence-corrected chi connectivity index (χ3v) is 7.48. The van der Waals surface area contributed by atoms with E-state index >= 15 is 0 Å². The highest BCUT2D eigenvalue weighted by molar-refractivity contribution is 9.11. The number of carbonyl (C=O) groups excluding carboxylic acids is 1. The van der Waals surface area contributed by atoms with Gasteiger partial charge in [0.05, 0.1) is 16.0 Å². The van der Waals surface area contributed by atoms with Crippen molar-refractivity contribution in [3.05, 3.63) is 74.8 Å². The monoisotopic (exact) mass is 602 g/mol. The standard InChI is InChI=1S/C12H9Br2NO.C12H8BrNO/c13-6-1-4-10-8(5-6)7-2-3-9(14)12(16)11(7)15-10;13-7-4-5-10-9(6-7)8-2-1-3-11(15)12(8)14-10/h1,4-5,9,15H,2-3H2;1-6,14-15H. The van der Waals surface area contributed by atoms with Crippen molar-refractivity contribution in [2.24, 2.45) is 0 Å². The summed E-state index contributed by atoms with van der Waals surface area (Å²) >= 11 is 10.3. The SMILES string of the molecule is O=C1c2[nH]c3ccc(Br)cc3c2CCC1Br.Oc1cccc2c1[nH]c1ccc(Br)cc12. The zero-order valence-electron chi connectivity index (χ0n) is 16.2. The number of halogens is 3. The number of hydrogen-bond acceptors (Lipinski definition) is 2. The van der Waals surface area contributed by atoms with Crippen LogP contribution < -0.4 is 0 Å². The number of nitrogens with one attached hydrogen (secondary N) is 2. The molecule has 31 heavy (non-hydrogen) atoms. The molecule has 1 aliphatic rings. The lowest BCUT2D eigenvalue weighted by molar-refractivity contribution is 0.0977. The highest BCUT2D eigenvalue weighted by atomic mass is 79.9. The van der Waals surface area contributed by atoms with Gasteiger partial charge in [0.2, 0.25) is 0 Å². The predicted octanol–water partition coefficient (Wildman–Crippen LogP) is 7.61. The zero-order valence-corrected chi connectivity index (χ0v) is 20.9. The summed E-state index contributed by atoms with van der Waals surface area (Å²) in [5.74, 6) is 0.466. The van der Waals surface area contributed by atoms with E-state index in [0.717, 1.165) is 65.8 Å². The predicted molar refractivity (Wildman–Crippen MR) is 137 cm³/mol. The molecule has 6 rings (SSSR count). The van der Waals surface area contributed by atoms with Crippen molar-refractivity contribution in [3.63, 3.8) is 0 Å². The number of ketones is 1. The fraction of sp³-hybridized carbons (Fsp3) is 0.125. The van der Waals surface area contributed by atoms with E-state index in [0.29, 0.717) is 5.75 Å². The number of fused-ring (bicyclic) bond motifs is 6. The van der Waals surface area contributed by atoms with E-state index in [-0.39, 0.29) is 10.6 Å². The summed E-state index contributed by atoms with van der Waals surface area (Å²) in [6.07, 6.45) is 1.83. The molecule has 3 N–H and O–H groups in total. The van der Waals surface area contributed by atoms with Crippen LogP contribution >= 0.6 is 47.8 Å². The van der Waals surface area contributed by atoms with Gasteiger partial charge in [-0.15, -0.1) is 0 Å². The summed E-state index contributed by atoms with van der Waals surface area (Å²) in [4.78, 5) is 18.4. The van der Waals surface area contributed by atoms with Gasteiger partial charge in [-0.25, -0.2) is 0 Å². The molecule has 0 saturated carbocycles. The Morgan fingerprint density at radius 2 is 1.55 bits per heavy atom. The van der Waals surface area contributed by atoms with Crippen LogP contribution in [-0.4, -0.2) is 25.7 Å². The van der Waals surface area contributed by atoms with Crippen molar-refractivity contribution >= 4 is 86.3 Å². The van der Waals surface area contributed by atoms with Crippen molar-refractivity contribution in [3.8, 4) is 5.75 Å². The van der Waals surface area contributed by atoms with Crippen molar-refractivity contribution in [1.29, 1.82) is 0 Å². The maximum Gasteiger partial charge on any atom is 0.192 e. The highest BCUT2D eigenvalue weighted by Crippen LogP contribution is 2.33. The number of aromatic nitrogens is 2. The van der Waals surface area contributed by atoms with Crippen LogP contribution in [0.25, 0.3) is 32.7 Å². The van der Waals surface area contributed by atoms with Gasteiger partial charge in [-0.1, -0.05) is 59.9 Å². The lowest BCUT2D eigenvalue weighted by Crippen LogP contribution is -2.21. The molecule has 4 nitrogen and oxygen atoms in total. The number of phenolic OH excluding ortho intramolecular Hbond substituents is 1. The van der Waals surface area contributed by atoms with Crippen LogP contribution in [0.4, 0.5) is 0 Å². The van der Waals surface area contributed by atoms with Crippen LogP contribution in [0.5, 0.6) is 5.75 Å². The van der Waals surface area contributed by atoms with E-state index in [4.69, 9.17) is 0 Å². The van der Waals surface area contributed by atoms with Crippen LogP contribution in [0.1, 0.15) is 22.5 Å². The van der Waals surface area contributed by atoms with E-state index in [1.165, 1.54) is 0 Å². The van der Waals surface area contributed by atoms with Gasteiger partial charge in [-0.05, 0) is 60.9 Å². The largest absolute Gasteiger partial charge is 0.506 e. The Morgan fingerprint density at radius 1 is 0.871 bits per heavy atom. The molecule has 1 atom stereocenters. The molecule has 2 aromatic heterocycles. The molecule has 5 aromatic rings. The Hall–Kier alpha value is -2.09. The molecule has 0 bridgehead atoms. The zero-order chi connectivity index (χ0) is 21.7. The number of benzene rings is 3. The van der Waals surface area contributed by atoms with Crippen molar-refractivity contribution in [2.75, 3.05) is 0 Å². The van der Waals surface area contributed by atoms with Crippen LogP contribution in [-0.2, 0) is 6.42 Å². The quantitative estimate of drug-likeness (QED) is 0.159. The first-order valence-corrected chi connectivity index (χ1v) is 12.3. The highest BCUT2D eigenvalue weighted by Gasteiger charge is 2.28. The molecule has 7 heteroatoms. The lowest BCUT2D eigenvalue weighted by Gasteiger charge is -2.15. The number of carbonyl (C=O) groups is 1. The fourth-order valence-electron chi connectivity index (χ4n) is 4.13. The third kappa shape index (κ3) is 3.73. The minimum Gasteiger partial charge on any atom is -0.506 e. The van der Waals surface area contributed by atoms with Crippen LogP contribution in [0.3, 0.4) is 0 Å². The molecule has 0 saturated heterocycles. The van der Waals surface area contributed by atoms with Gasteiger partial charge >= 0.3 is 0 Å². The Kier molecular flexibility index (Phi) is 5.44. The number of H-pyrrole nitrogens is 2. The van der Waals surface area contributed by atoms with Crippen molar-refractivity contribution < 1.29 is 9.90 Å². The number of para-hydroxylation sites is 1. The van der Waals surface area contributed by atoms with Crippen LogP contribution in [0.15, 0.2) is 63.5 Å². The molecule has 0 radical (unpaired) electrons. The lowest BCUT2D eigenvalue weighted by atomic mass is 9.94. The van der Waals surface area contributed by atoms with E-state index in [9.17, 15) is 9.90 Å². The summed E-state index contributed by atoms with van der Waals surface area (Å²) in [6.45, 7) is 0. The topological polar surface area (TPSA) is 68.9 Å². The first-order chi connectivity index (χ1) is 14.9. The Labute approximate surface area is 203 Å². The summed E-state index contributed by atoms with van der Waals surface area (Å²) in [6, 6.07) is 17.6. The average molecular weight is 605 g/mol. The molecule has 3 aromatic carbocycles. The Bertz CT molecular complexity index is 1470. The second kappa shape index (κ2) is 8.11. The van der Waals surface area contributed by atoms with E-state index in [2.05, 4.69) is 63.8 Å². The van der Waals surface area contributed by atoms with Crippen LogP contribution in [0, 0.1) is 0 Å². The molecule has 0 fully saturated rings. The van der Waals surface area contributed by atoms with Crippen molar-refractivity contribution in [2.45, 2.75) is 17.7 Å². The normalized spacial score (nSPS) is 15.8. The average Bonchev–Trinajstić information content (AvgIpc) is 3.31. The van der Waals surface area contributed by atoms with Gasteiger partial charge in [0.25, 0.3) is 0 Å².